The number of aliphatic carboxylic acids is 2. The zero-order valence-electron chi connectivity index (χ0n) is 23.8. The number of β-lactam (4-membered cyclic amide) rings is 1. The number of nitrogen functional groups attached to an aromatic ring is 2. The van der Waals surface area contributed by atoms with Crippen LogP contribution in [0.3, 0.4) is 0 Å². The third kappa shape index (κ3) is 6.44. The quantitative estimate of drug-likeness (QED) is 0.0335. The number of rotatable bonds is 14. The van der Waals surface area contributed by atoms with Gasteiger partial charge >= 0.3 is 5.97 Å². The number of aromatic nitrogens is 4. The summed E-state index contributed by atoms with van der Waals surface area (Å²) in [4.78, 5) is 70.6. The van der Waals surface area contributed by atoms with Crippen LogP contribution in [0.2, 0.25) is 0 Å². The Kier molecular flexibility index (Phi) is 9.42. The van der Waals surface area contributed by atoms with Crippen LogP contribution in [0.25, 0.3) is 0 Å². The molecule has 3 amide bonds. The van der Waals surface area contributed by atoms with Crippen LogP contribution in [-0.2, 0) is 48.8 Å². The van der Waals surface area contributed by atoms with Crippen LogP contribution in [0.5, 0.6) is 0 Å². The number of anilines is 2. The standard InChI is InChI=1S/C24H30N10O8S2/c1-24(2,22(40)41)42-30-13(17-29-23(26)44-31-17)18(36)28-14-19(37)34-15(21(38)39)12(9-43-20(14)34)8-33-7-11(16(25)32(33)3)5-4-6-27-10-35/h7,10,14,20,25H,4-6,8-9H2,1-3H3,(H6,26,27,28,29,31,35,36,38,39,40,41)/b30-13+/t14-,20-/m1/s1. The van der Waals surface area contributed by atoms with Crippen molar-refractivity contribution in [1.29, 1.82) is 0 Å². The summed E-state index contributed by atoms with van der Waals surface area (Å²) in [5.74, 6) is -4.15. The van der Waals surface area contributed by atoms with Gasteiger partial charge in [0, 0.05) is 29.4 Å². The van der Waals surface area contributed by atoms with E-state index in [1.807, 2.05) is 0 Å². The van der Waals surface area contributed by atoms with Gasteiger partial charge in [-0.2, -0.15) is 9.36 Å². The number of nitrogens with one attached hydrogen (secondary N) is 2. The van der Waals surface area contributed by atoms with E-state index in [0.717, 1.165) is 22.0 Å². The van der Waals surface area contributed by atoms with Gasteiger partial charge in [-0.3, -0.25) is 19.3 Å². The zero-order valence-corrected chi connectivity index (χ0v) is 25.4. The molecule has 2 aromatic rings. The lowest BCUT2D eigenvalue weighted by atomic mass is 10.0. The van der Waals surface area contributed by atoms with Gasteiger partial charge in [-0.1, -0.05) is 5.16 Å². The van der Waals surface area contributed by atoms with Crippen LogP contribution in [0.15, 0.2) is 22.6 Å². The summed E-state index contributed by atoms with van der Waals surface area (Å²) in [6.45, 7) is 3.00. The van der Waals surface area contributed by atoms with Crippen molar-refractivity contribution in [3.05, 3.63) is 28.9 Å². The van der Waals surface area contributed by atoms with Crippen LogP contribution >= 0.6 is 23.3 Å². The van der Waals surface area contributed by atoms with E-state index >= 15 is 0 Å². The molecule has 0 bridgehead atoms. The molecule has 20 heteroatoms. The van der Waals surface area contributed by atoms with E-state index in [9.17, 15) is 34.2 Å². The van der Waals surface area contributed by atoms with E-state index < -0.39 is 46.5 Å². The van der Waals surface area contributed by atoms with E-state index in [-0.39, 0.29) is 29.0 Å². The maximum Gasteiger partial charge on any atom is 0.350 e. The molecule has 1 fully saturated rings. The molecule has 2 aliphatic rings. The lowest BCUT2D eigenvalue weighted by Gasteiger charge is -2.50. The average Bonchev–Trinajstić information content (AvgIpc) is 3.51. The molecule has 0 aliphatic carbocycles. The van der Waals surface area contributed by atoms with Crippen LogP contribution < -0.4 is 31.9 Å². The summed E-state index contributed by atoms with van der Waals surface area (Å²) in [6, 6.07) is -1.15. The number of carbonyl (C=O) groups is 5. The Labute approximate surface area is 258 Å². The Morgan fingerprint density at radius 3 is 2.70 bits per heavy atom. The summed E-state index contributed by atoms with van der Waals surface area (Å²) in [5, 5.41) is 29.5. The number of nitrogens with zero attached hydrogens (tertiary/aromatic N) is 6. The van der Waals surface area contributed by atoms with E-state index in [1.165, 1.54) is 25.6 Å². The summed E-state index contributed by atoms with van der Waals surface area (Å²) < 4.78 is 7.30. The number of nitrogens with two attached hydrogens (primary N) is 2. The topological polar surface area (TPSA) is 264 Å². The molecule has 7 N–H and O–H groups in total. The van der Waals surface area contributed by atoms with Crippen molar-refractivity contribution in [3.63, 3.8) is 0 Å². The first-order valence-corrected chi connectivity index (χ1v) is 14.9. The maximum atomic E-state index is 13.2. The first kappa shape index (κ1) is 32.2. The smallest absolute Gasteiger partial charge is 0.350 e. The molecule has 0 radical (unpaired) electrons. The fourth-order valence-corrected chi connectivity index (χ4v) is 6.15. The molecule has 18 nitrogen and oxygen atoms in total. The summed E-state index contributed by atoms with van der Waals surface area (Å²) in [5.41, 5.74) is 10.4. The monoisotopic (exact) mass is 650 g/mol. The maximum absolute atomic E-state index is 13.2. The Hall–Kier alpha value is -4.72. The largest absolute Gasteiger partial charge is 0.543 e. The molecular weight excluding hydrogens is 620 g/mol. The number of carboxylic acids is 2. The molecule has 4 heterocycles. The number of carboxylic acid groups (broad SMARTS) is 2. The molecule has 0 saturated carbocycles. The average molecular weight is 651 g/mol. The van der Waals surface area contributed by atoms with E-state index in [1.54, 1.807) is 22.6 Å². The normalized spacial score (nSPS) is 18.4. The van der Waals surface area contributed by atoms with Crippen LogP contribution in [0, 0.1) is 0 Å². The van der Waals surface area contributed by atoms with Gasteiger partial charge in [0.2, 0.25) is 29.7 Å². The minimum atomic E-state index is -1.81. The molecule has 0 spiro atoms. The molecule has 2 atom stereocenters. The molecule has 2 aromatic heterocycles. The first-order chi connectivity index (χ1) is 20.8. The third-order valence-corrected chi connectivity index (χ3v) is 8.73. The molecular formula is C24H30N10O8S2. The minimum absolute atomic E-state index is 0.00266. The molecule has 44 heavy (non-hydrogen) atoms. The number of oxime groups is 1. The predicted molar refractivity (Wildman–Crippen MR) is 153 cm³/mol. The van der Waals surface area contributed by atoms with Crippen LogP contribution in [0.1, 0.15) is 31.7 Å². The van der Waals surface area contributed by atoms with Gasteiger partial charge in [0.05, 0.1) is 24.3 Å². The van der Waals surface area contributed by atoms with Crippen LogP contribution in [-0.4, -0.2) is 89.2 Å². The lowest BCUT2D eigenvalue weighted by Crippen LogP contribution is -2.71. The van der Waals surface area contributed by atoms with Gasteiger partial charge in [-0.15, -0.1) is 21.1 Å². The SMILES string of the molecule is Cn1c(N)c(CCCNC=O)c[n+]1CC1=C(C(=O)[O-])N2C(=O)[C@@H](NC(=O)/C(=N/OC(C)(C)C(=O)O)c3nsc(N)n3)[C@H]2SC1. The van der Waals surface area contributed by atoms with Crippen molar-refractivity contribution in [3.8, 4) is 0 Å². The number of hydrogen-bond donors (Lipinski definition) is 5. The Morgan fingerprint density at radius 2 is 2.09 bits per heavy atom. The summed E-state index contributed by atoms with van der Waals surface area (Å²) >= 11 is 1.99. The highest BCUT2D eigenvalue weighted by Crippen LogP contribution is 2.40. The Balaban J connectivity index is 1.53. The van der Waals surface area contributed by atoms with E-state index in [0.29, 0.717) is 37.2 Å². The van der Waals surface area contributed by atoms with Gasteiger partial charge in [0.25, 0.3) is 11.8 Å². The van der Waals surface area contributed by atoms with Crippen molar-refractivity contribution < 1.29 is 43.7 Å². The molecule has 236 valence electrons. The lowest BCUT2D eigenvalue weighted by molar-refractivity contribution is -0.765. The van der Waals surface area contributed by atoms with Gasteiger partial charge < -0.3 is 41.9 Å². The first-order valence-electron chi connectivity index (χ1n) is 13.1. The highest BCUT2D eigenvalue weighted by molar-refractivity contribution is 8.00. The van der Waals surface area contributed by atoms with Gasteiger partial charge in [0.15, 0.2) is 17.5 Å². The fourth-order valence-electron chi connectivity index (χ4n) is 4.38. The molecule has 1 saturated heterocycles. The number of aryl methyl sites for hydroxylation is 1. The van der Waals surface area contributed by atoms with Crippen molar-refractivity contribution in [1.82, 2.24) is 29.6 Å². The second-order valence-electron chi connectivity index (χ2n) is 10.2. The number of carbonyl (C=O) groups excluding carboxylic acids is 4. The Morgan fingerprint density at radius 1 is 1.36 bits per heavy atom. The van der Waals surface area contributed by atoms with Crippen LogP contribution in [0.4, 0.5) is 10.9 Å². The van der Waals surface area contributed by atoms with Crippen molar-refractivity contribution >= 4 is 70.1 Å². The highest BCUT2D eigenvalue weighted by atomic mass is 32.2. The molecule has 4 rings (SSSR count). The third-order valence-electron chi connectivity index (χ3n) is 6.85. The van der Waals surface area contributed by atoms with E-state index in [4.69, 9.17) is 16.3 Å². The van der Waals surface area contributed by atoms with Gasteiger partial charge in [-0.05, 0) is 26.7 Å². The van der Waals surface area contributed by atoms with E-state index in [2.05, 4.69) is 25.1 Å². The van der Waals surface area contributed by atoms with Gasteiger partial charge in [0.1, 0.15) is 11.4 Å². The zero-order chi connectivity index (χ0) is 32.3. The summed E-state index contributed by atoms with van der Waals surface area (Å²) in [7, 11) is 1.71. The Bertz CT molecular complexity index is 1570. The summed E-state index contributed by atoms with van der Waals surface area (Å²) in [6.07, 6.45) is 3.62. The number of hydrogen-bond acceptors (Lipinski definition) is 14. The predicted octanol–water partition coefficient (Wildman–Crippen LogP) is -3.30. The minimum Gasteiger partial charge on any atom is -0.543 e. The number of fused-ring (bicyclic) bond motifs is 1. The highest BCUT2D eigenvalue weighted by Gasteiger charge is 2.53. The molecule has 0 unspecified atom stereocenters. The fraction of sp³-hybridized carbons (Fsp3) is 0.458. The second-order valence-corrected chi connectivity index (χ2v) is 12.1. The van der Waals surface area contributed by atoms with Crippen molar-refractivity contribution in [2.24, 2.45) is 12.2 Å². The molecule has 0 aromatic carbocycles. The second kappa shape index (κ2) is 12.9. The van der Waals surface area contributed by atoms with Crippen molar-refractivity contribution in [2.75, 3.05) is 23.8 Å². The number of thioether (sulfide) groups is 1. The van der Waals surface area contributed by atoms with Gasteiger partial charge in [-0.25, -0.2) is 4.79 Å². The van der Waals surface area contributed by atoms with Crippen molar-refractivity contribution in [2.45, 2.75) is 50.3 Å². The number of amides is 3. The molecule has 2 aliphatic heterocycles.